The van der Waals surface area contributed by atoms with Crippen LogP contribution in [0.3, 0.4) is 0 Å². The third-order valence-corrected chi connectivity index (χ3v) is 8.28. The van der Waals surface area contributed by atoms with E-state index in [0.717, 1.165) is 53.9 Å². The van der Waals surface area contributed by atoms with E-state index in [1.54, 1.807) is 12.4 Å². The van der Waals surface area contributed by atoms with Crippen molar-refractivity contribution in [2.24, 2.45) is 5.92 Å². The van der Waals surface area contributed by atoms with Crippen molar-refractivity contribution in [3.8, 4) is 11.1 Å². The molecule has 0 aliphatic heterocycles. The Labute approximate surface area is 241 Å². The highest BCUT2D eigenvalue weighted by molar-refractivity contribution is 5.99. The van der Waals surface area contributed by atoms with E-state index < -0.39 is 0 Å². The molecule has 1 aromatic carbocycles. The highest BCUT2D eigenvalue weighted by atomic mass is 16.2. The molecule has 3 rings (SSSR count). The molecule has 1 heterocycles. The Morgan fingerprint density at radius 3 is 2.30 bits per heavy atom. The fourth-order valence-electron chi connectivity index (χ4n) is 5.71. The zero-order chi connectivity index (χ0) is 29.2. The standard InChI is InChI=1S/C33H49N5O2/c1-8-23(3)20-24(4)36-32(39)16-19-35-33(40)30-21-27(26-14-17-34-18-15-26)22-31(25(30)5)38(9-2)29-12-10-28(11-13-29)37(6)7/h14-15,17-18,20-23,28-29H,8-13,16,19H2,1-7H3,(H,35,40)(H,36,39)/b24-20-/t23?,28-,29-. The third kappa shape index (κ3) is 8.40. The van der Waals surface area contributed by atoms with Gasteiger partial charge in [-0.2, -0.15) is 0 Å². The van der Waals surface area contributed by atoms with Gasteiger partial charge in [0, 0.05) is 60.9 Å². The van der Waals surface area contributed by atoms with Crippen LogP contribution in [0.4, 0.5) is 5.69 Å². The molecule has 2 aromatic rings. The summed E-state index contributed by atoms with van der Waals surface area (Å²) in [5.41, 5.74) is 5.62. The molecule has 0 saturated heterocycles. The van der Waals surface area contributed by atoms with E-state index in [4.69, 9.17) is 0 Å². The first-order valence-electron chi connectivity index (χ1n) is 14.9. The van der Waals surface area contributed by atoms with Crippen LogP contribution in [0.5, 0.6) is 0 Å². The third-order valence-electron chi connectivity index (χ3n) is 8.28. The van der Waals surface area contributed by atoms with Crippen LogP contribution in [-0.4, -0.2) is 61.0 Å². The first-order valence-corrected chi connectivity index (χ1v) is 14.9. The van der Waals surface area contributed by atoms with E-state index in [-0.39, 0.29) is 24.8 Å². The van der Waals surface area contributed by atoms with Gasteiger partial charge in [-0.3, -0.25) is 14.6 Å². The molecule has 1 unspecified atom stereocenters. The first-order chi connectivity index (χ1) is 19.1. The Bertz CT molecular complexity index is 1150. The van der Waals surface area contributed by atoms with Crippen molar-refractivity contribution in [1.82, 2.24) is 20.5 Å². The normalized spacial score (nSPS) is 18.4. The van der Waals surface area contributed by atoms with Crippen molar-refractivity contribution in [1.29, 1.82) is 0 Å². The zero-order valence-electron chi connectivity index (χ0n) is 25.6. The summed E-state index contributed by atoms with van der Waals surface area (Å²) in [6.07, 6.45) is 11.5. The summed E-state index contributed by atoms with van der Waals surface area (Å²) in [7, 11) is 4.34. The average molecular weight is 548 g/mol. The van der Waals surface area contributed by atoms with E-state index in [2.05, 4.69) is 72.4 Å². The zero-order valence-corrected chi connectivity index (χ0v) is 25.6. The summed E-state index contributed by atoms with van der Waals surface area (Å²) in [6.45, 7) is 11.6. The van der Waals surface area contributed by atoms with Gasteiger partial charge in [-0.1, -0.05) is 26.3 Å². The Hall–Kier alpha value is -3.19. The predicted molar refractivity (Wildman–Crippen MR) is 165 cm³/mol. The van der Waals surface area contributed by atoms with Crippen LogP contribution in [0.15, 0.2) is 48.4 Å². The number of allylic oxidation sites excluding steroid dienone is 2. The minimum absolute atomic E-state index is 0.0919. The van der Waals surface area contributed by atoms with Crippen molar-refractivity contribution in [3.63, 3.8) is 0 Å². The molecule has 1 aliphatic carbocycles. The summed E-state index contributed by atoms with van der Waals surface area (Å²) >= 11 is 0. The number of carbonyl (C=O) groups excluding carboxylic acids is 2. The maximum Gasteiger partial charge on any atom is 0.251 e. The lowest BCUT2D eigenvalue weighted by Crippen LogP contribution is -2.42. The molecule has 7 heteroatoms. The average Bonchev–Trinajstić information content (AvgIpc) is 2.94. The van der Waals surface area contributed by atoms with Crippen LogP contribution in [-0.2, 0) is 4.79 Å². The Kier molecular flexibility index (Phi) is 11.7. The van der Waals surface area contributed by atoms with Gasteiger partial charge < -0.3 is 20.4 Å². The number of anilines is 1. The molecular formula is C33H49N5O2. The molecule has 40 heavy (non-hydrogen) atoms. The maximum absolute atomic E-state index is 13.5. The fourth-order valence-corrected chi connectivity index (χ4v) is 5.71. The minimum Gasteiger partial charge on any atom is -0.369 e. The van der Waals surface area contributed by atoms with Crippen molar-refractivity contribution in [2.45, 2.75) is 85.2 Å². The van der Waals surface area contributed by atoms with Crippen molar-refractivity contribution in [2.75, 3.05) is 32.1 Å². The van der Waals surface area contributed by atoms with Crippen LogP contribution in [0.1, 0.15) is 82.1 Å². The molecule has 7 nitrogen and oxygen atoms in total. The minimum atomic E-state index is -0.151. The molecule has 1 saturated carbocycles. The Morgan fingerprint density at radius 1 is 1.05 bits per heavy atom. The maximum atomic E-state index is 13.5. The smallest absolute Gasteiger partial charge is 0.251 e. The van der Waals surface area contributed by atoms with Gasteiger partial charge in [0.05, 0.1) is 0 Å². The topological polar surface area (TPSA) is 77.6 Å². The number of hydrogen-bond donors (Lipinski definition) is 2. The summed E-state index contributed by atoms with van der Waals surface area (Å²) < 4.78 is 0. The second-order valence-electron chi connectivity index (χ2n) is 11.4. The number of benzene rings is 1. The number of amides is 2. The van der Waals surface area contributed by atoms with E-state index >= 15 is 0 Å². The molecule has 2 N–H and O–H groups in total. The molecule has 1 fully saturated rings. The summed E-state index contributed by atoms with van der Waals surface area (Å²) in [6, 6.07) is 9.23. The quantitative estimate of drug-likeness (QED) is 0.344. The van der Waals surface area contributed by atoms with Crippen molar-refractivity contribution >= 4 is 17.5 Å². The highest BCUT2D eigenvalue weighted by Crippen LogP contribution is 2.35. The second-order valence-corrected chi connectivity index (χ2v) is 11.4. The van der Waals surface area contributed by atoms with E-state index in [1.165, 1.54) is 12.8 Å². The van der Waals surface area contributed by atoms with Gasteiger partial charge >= 0.3 is 0 Å². The highest BCUT2D eigenvalue weighted by Gasteiger charge is 2.28. The van der Waals surface area contributed by atoms with Gasteiger partial charge in [-0.15, -0.1) is 0 Å². The predicted octanol–water partition coefficient (Wildman–Crippen LogP) is 5.94. The summed E-state index contributed by atoms with van der Waals surface area (Å²) in [5, 5.41) is 5.93. The molecule has 1 atom stereocenters. The van der Waals surface area contributed by atoms with Gasteiger partial charge in [0.2, 0.25) is 5.91 Å². The van der Waals surface area contributed by atoms with E-state index in [9.17, 15) is 9.59 Å². The molecule has 0 radical (unpaired) electrons. The van der Waals surface area contributed by atoms with Crippen LogP contribution < -0.4 is 15.5 Å². The van der Waals surface area contributed by atoms with E-state index in [1.807, 2.05) is 32.0 Å². The molecule has 218 valence electrons. The number of aromatic nitrogens is 1. The van der Waals surface area contributed by atoms with Crippen molar-refractivity contribution in [3.05, 3.63) is 59.6 Å². The van der Waals surface area contributed by atoms with Crippen molar-refractivity contribution < 1.29 is 9.59 Å². The molecule has 1 aromatic heterocycles. The molecule has 1 aliphatic rings. The van der Waals surface area contributed by atoms with Crippen LogP contribution in [0, 0.1) is 12.8 Å². The molecular weight excluding hydrogens is 498 g/mol. The molecule has 0 bridgehead atoms. The fraction of sp³-hybridized carbons (Fsp3) is 0.545. The first kappa shape index (κ1) is 31.3. The Balaban J connectivity index is 1.81. The lowest BCUT2D eigenvalue weighted by molar-refractivity contribution is -0.120. The van der Waals surface area contributed by atoms with Gasteiger partial charge in [-0.05, 0) is 107 Å². The summed E-state index contributed by atoms with van der Waals surface area (Å²) in [5.74, 6) is 0.169. The van der Waals surface area contributed by atoms with Crippen LogP contribution in [0.2, 0.25) is 0 Å². The Morgan fingerprint density at radius 2 is 1.70 bits per heavy atom. The monoisotopic (exact) mass is 547 g/mol. The number of pyridine rings is 1. The number of rotatable bonds is 12. The van der Waals surface area contributed by atoms with Gasteiger partial charge in [0.15, 0.2) is 0 Å². The van der Waals surface area contributed by atoms with Gasteiger partial charge in [0.1, 0.15) is 0 Å². The van der Waals surface area contributed by atoms with Gasteiger partial charge in [-0.25, -0.2) is 0 Å². The number of nitrogens with one attached hydrogen (secondary N) is 2. The second kappa shape index (κ2) is 15.0. The number of hydrogen-bond acceptors (Lipinski definition) is 5. The van der Waals surface area contributed by atoms with Crippen LogP contribution >= 0.6 is 0 Å². The lowest BCUT2D eigenvalue weighted by atomic mass is 9.88. The van der Waals surface area contributed by atoms with E-state index in [0.29, 0.717) is 23.6 Å². The lowest BCUT2D eigenvalue weighted by Gasteiger charge is -2.40. The van der Waals surface area contributed by atoms with Crippen LogP contribution in [0.25, 0.3) is 11.1 Å². The largest absolute Gasteiger partial charge is 0.369 e. The molecule has 0 spiro atoms. The molecule has 2 amide bonds. The van der Waals surface area contributed by atoms with Gasteiger partial charge in [0.25, 0.3) is 5.91 Å². The SMILES string of the molecule is CCC(C)/C=C(/C)NC(=O)CCNC(=O)c1cc(-c2ccncc2)cc(N(CC)[C@H]2CC[C@H](N(C)C)CC2)c1C. The number of carbonyl (C=O) groups is 2. The number of nitrogens with zero attached hydrogens (tertiary/aromatic N) is 3. The summed E-state index contributed by atoms with van der Waals surface area (Å²) in [4.78, 5) is 35.0.